The largest absolute Gasteiger partial charge is 0.353 e. The maximum absolute atomic E-state index is 12.2. The van der Waals surface area contributed by atoms with E-state index in [-0.39, 0.29) is 5.91 Å². The summed E-state index contributed by atoms with van der Waals surface area (Å²) >= 11 is 1.44. The highest BCUT2D eigenvalue weighted by Gasteiger charge is 2.38. The molecule has 5 rings (SSSR count). The van der Waals surface area contributed by atoms with Crippen molar-refractivity contribution in [1.29, 1.82) is 0 Å². The van der Waals surface area contributed by atoms with Crippen LogP contribution in [0.5, 0.6) is 0 Å². The van der Waals surface area contributed by atoms with E-state index in [4.69, 9.17) is 5.14 Å². The van der Waals surface area contributed by atoms with Crippen molar-refractivity contribution in [1.82, 2.24) is 19.6 Å². The van der Waals surface area contributed by atoms with Gasteiger partial charge in [-0.1, -0.05) is 18.0 Å². The van der Waals surface area contributed by atoms with E-state index >= 15 is 0 Å². The molecule has 4 N–H and O–H groups in total. The number of carbonyl (C=O) groups is 1. The highest BCUT2D eigenvalue weighted by atomic mass is 32.2. The second-order valence-corrected chi connectivity index (χ2v) is 9.18. The summed E-state index contributed by atoms with van der Waals surface area (Å²) in [7, 11) is 0. The highest BCUT2D eigenvalue weighted by Crippen LogP contribution is 2.39. The van der Waals surface area contributed by atoms with Gasteiger partial charge < -0.3 is 15.5 Å². The zero-order chi connectivity index (χ0) is 20.9. The lowest BCUT2D eigenvalue weighted by molar-refractivity contribution is -0.119. The minimum absolute atomic E-state index is 0.00743. The third-order valence-electron chi connectivity index (χ3n) is 5.93. The Bertz CT molecular complexity index is 1120. The summed E-state index contributed by atoms with van der Waals surface area (Å²) in [5.74, 6) is 1.33. The predicted octanol–water partition coefficient (Wildman–Crippen LogP) is 2.67. The average Bonchev–Trinajstić information content (AvgIpc) is 3.25. The molecule has 156 valence electrons. The van der Waals surface area contributed by atoms with Crippen molar-refractivity contribution in [2.75, 3.05) is 28.6 Å². The SMILES string of the molecule is CC1(C)C(=O)Nc2cc(Nc3nc4c(N5CCC(SN)CC5)nccn4n3)ccc21. The van der Waals surface area contributed by atoms with E-state index in [1.807, 2.05) is 32.0 Å². The van der Waals surface area contributed by atoms with E-state index < -0.39 is 5.41 Å². The third-order valence-corrected chi connectivity index (χ3v) is 6.79. The molecular formula is C20H24N8OS. The first-order valence-electron chi connectivity index (χ1n) is 10.0. The Hall–Kier alpha value is -2.85. The van der Waals surface area contributed by atoms with Crippen LogP contribution in [-0.4, -0.2) is 43.8 Å². The maximum Gasteiger partial charge on any atom is 0.247 e. The number of amides is 1. The van der Waals surface area contributed by atoms with Crippen LogP contribution in [0.4, 0.5) is 23.1 Å². The Morgan fingerprint density at radius 1 is 1.30 bits per heavy atom. The smallest absolute Gasteiger partial charge is 0.247 e. The van der Waals surface area contributed by atoms with Crippen LogP contribution in [0.3, 0.4) is 0 Å². The van der Waals surface area contributed by atoms with Crippen LogP contribution in [0.1, 0.15) is 32.3 Å². The van der Waals surface area contributed by atoms with Gasteiger partial charge in [0.1, 0.15) is 0 Å². The van der Waals surface area contributed by atoms with Crippen LogP contribution in [0.15, 0.2) is 30.6 Å². The van der Waals surface area contributed by atoms with Crippen LogP contribution in [0.25, 0.3) is 5.65 Å². The summed E-state index contributed by atoms with van der Waals surface area (Å²) in [6.45, 7) is 5.65. The fourth-order valence-electron chi connectivity index (χ4n) is 4.08. The van der Waals surface area contributed by atoms with Gasteiger partial charge in [-0.25, -0.2) is 9.50 Å². The van der Waals surface area contributed by atoms with Gasteiger partial charge in [0.15, 0.2) is 11.5 Å². The lowest BCUT2D eigenvalue weighted by atomic mass is 9.86. The first-order chi connectivity index (χ1) is 14.5. The van der Waals surface area contributed by atoms with Crippen molar-refractivity contribution in [2.45, 2.75) is 37.4 Å². The summed E-state index contributed by atoms with van der Waals surface area (Å²) < 4.78 is 1.74. The molecule has 0 unspecified atom stereocenters. The molecule has 4 heterocycles. The molecule has 1 amide bonds. The Morgan fingerprint density at radius 2 is 2.10 bits per heavy atom. The predicted molar refractivity (Wildman–Crippen MR) is 119 cm³/mol. The fourth-order valence-corrected chi connectivity index (χ4v) is 4.57. The van der Waals surface area contributed by atoms with Crippen molar-refractivity contribution >= 4 is 46.6 Å². The first-order valence-corrected chi connectivity index (χ1v) is 10.9. The van der Waals surface area contributed by atoms with Crippen molar-refractivity contribution in [3.8, 4) is 0 Å². The molecule has 1 fully saturated rings. The van der Waals surface area contributed by atoms with E-state index in [0.29, 0.717) is 11.2 Å². The molecule has 0 spiro atoms. The molecule has 1 aromatic carbocycles. The van der Waals surface area contributed by atoms with Gasteiger partial charge in [-0.05, 0) is 44.4 Å². The summed E-state index contributed by atoms with van der Waals surface area (Å²) in [5.41, 5.74) is 2.83. The van der Waals surface area contributed by atoms with Gasteiger partial charge in [0.25, 0.3) is 0 Å². The molecule has 2 aliphatic heterocycles. The Balaban J connectivity index is 1.40. The summed E-state index contributed by atoms with van der Waals surface area (Å²) in [6.07, 6.45) is 5.60. The number of hydrogen-bond acceptors (Lipinski definition) is 8. The van der Waals surface area contributed by atoms with Crippen molar-refractivity contribution in [3.63, 3.8) is 0 Å². The van der Waals surface area contributed by atoms with Crippen LogP contribution >= 0.6 is 11.9 Å². The standard InChI is InChI=1S/C20H24N8OS/c1-20(2)14-4-3-12(11-15(14)24-18(20)29)23-19-25-17-16(22-7-10-28(17)26-19)27-8-5-13(30-21)6-9-27/h3-4,7,10-11,13H,5-6,8-9,21H2,1-2H3,(H,23,26)(H,24,29). The van der Waals surface area contributed by atoms with Crippen LogP contribution in [-0.2, 0) is 10.2 Å². The van der Waals surface area contributed by atoms with Gasteiger partial charge in [0.05, 0.1) is 5.41 Å². The second-order valence-electron chi connectivity index (χ2n) is 8.24. The van der Waals surface area contributed by atoms with Crippen molar-refractivity contribution in [2.24, 2.45) is 5.14 Å². The monoisotopic (exact) mass is 424 g/mol. The molecular weight excluding hydrogens is 400 g/mol. The molecule has 0 saturated carbocycles. The van der Waals surface area contributed by atoms with Crippen LogP contribution in [0, 0.1) is 0 Å². The van der Waals surface area contributed by atoms with E-state index in [1.54, 1.807) is 16.9 Å². The Morgan fingerprint density at radius 3 is 2.87 bits per heavy atom. The summed E-state index contributed by atoms with van der Waals surface area (Å²) in [5, 5.41) is 17.0. The molecule has 0 bridgehead atoms. The number of piperidine rings is 1. The number of nitrogens with zero attached hydrogens (tertiary/aromatic N) is 5. The average molecular weight is 425 g/mol. The van der Waals surface area contributed by atoms with Crippen molar-refractivity contribution in [3.05, 3.63) is 36.2 Å². The van der Waals surface area contributed by atoms with E-state index in [1.165, 1.54) is 11.9 Å². The van der Waals surface area contributed by atoms with Gasteiger partial charge in [-0.15, -0.1) is 5.10 Å². The lowest BCUT2D eigenvalue weighted by Crippen LogP contribution is -2.36. The number of aromatic nitrogens is 4. The number of fused-ring (bicyclic) bond motifs is 2. The zero-order valence-corrected chi connectivity index (χ0v) is 17.7. The van der Waals surface area contributed by atoms with E-state index in [2.05, 4.69) is 30.6 Å². The van der Waals surface area contributed by atoms with Gasteiger partial charge in [0, 0.05) is 42.1 Å². The van der Waals surface area contributed by atoms with E-state index in [0.717, 1.165) is 54.3 Å². The van der Waals surface area contributed by atoms with Gasteiger partial charge in [-0.3, -0.25) is 9.93 Å². The lowest BCUT2D eigenvalue weighted by Gasteiger charge is -2.31. The molecule has 0 atom stereocenters. The minimum atomic E-state index is -0.522. The zero-order valence-electron chi connectivity index (χ0n) is 16.9. The highest BCUT2D eigenvalue weighted by molar-refractivity contribution is 7.97. The maximum atomic E-state index is 12.2. The number of rotatable bonds is 4. The number of hydrogen-bond donors (Lipinski definition) is 3. The van der Waals surface area contributed by atoms with Crippen LogP contribution in [0.2, 0.25) is 0 Å². The molecule has 1 saturated heterocycles. The van der Waals surface area contributed by atoms with Crippen molar-refractivity contribution < 1.29 is 4.79 Å². The summed E-state index contributed by atoms with van der Waals surface area (Å²) in [6, 6.07) is 5.83. The number of carbonyl (C=O) groups excluding carboxylic acids is 1. The normalized spacial score (nSPS) is 18.5. The molecule has 2 aliphatic rings. The topological polar surface area (TPSA) is 113 Å². The van der Waals surface area contributed by atoms with Gasteiger partial charge in [-0.2, -0.15) is 4.98 Å². The molecule has 2 aromatic heterocycles. The Kier molecular flexibility index (Phi) is 4.55. The molecule has 9 nitrogen and oxygen atoms in total. The van der Waals surface area contributed by atoms with Crippen LogP contribution < -0.4 is 20.7 Å². The quantitative estimate of drug-likeness (QED) is 0.548. The third kappa shape index (κ3) is 3.16. The number of nitrogens with one attached hydrogen (secondary N) is 2. The second kappa shape index (κ2) is 7.13. The molecule has 3 aromatic rings. The number of anilines is 4. The molecule has 0 radical (unpaired) electrons. The molecule has 30 heavy (non-hydrogen) atoms. The molecule has 10 heteroatoms. The summed E-state index contributed by atoms with van der Waals surface area (Å²) in [4.78, 5) is 23.7. The minimum Gasteiger partial charge on any atom is -0.353 e. The fraction of sp³-hybridized carbons (Fsp3) is 0.400. The van der Waals surface area contributed by atoms with Gasteiger partial charge in [0.2, 0.25) is 11.9 Å². The van der Waals surface area contributed by atoms with E-state index in [9.17, 15) is 4.79 Å². The number of nitrogens with two attached hydrogens (primary N) is 1. The van der Waals surface area contributed by atoms with Gasteiger partial charge >= 0.3 is 0 Å². The first kappa shape index (κ1) is 19.1. The Labute approximate surface area is 178 Å². The molecule has 0 aliphatic carbocycles. The number of benzene rings is 1.